The summed E-state index contributed by atoms with van der Waals surface area (Å²) in [4.78, 5) is 12.6. The van der Waals surface area contributed by atoms with Crippen LogP contribution in [0.15, 0.2) is 41.3 Å². The number of esters is 1. The van der Waals surface area contributed by atoms with Crippen LogP contribution >= 0.6 is 0 Å². The molecule has 4 atom stereocenters. The molecule has 164 valence electrons. The van der Waals surface area contributed by atoms with Crippen molar-refractivity contribution in [1.82, 2.24) is 0 Å². The zero-order valence-electron chi connectivity index (χ0n) is 18.9. The zero-order valence-corrected chi connectivity index (χ0v) is 19.9. The maximum Gasteiger partial charge on any atom is 0.338 e. The van der Waals surface area contributed by atoms with E-state index in [1.54, 1.807) is 12.1 Å². The van der Waals surface area contributed by atoms with Crippen LogP contribution < -0.4 is 0 Å². The molecule has 0 bridgehead atoms. The molecular formula is C23H32O6Si. The van der Waals surface area contributed by atoms with Crippen LogP contribution in [0, 0.1) is 0 Å². The summed E-state index contributed by atoms with van der Waals surface area (Å²) in [5.74, 6) is -1.06. The Hall–Kier alpha value is -1.67. The van der Waals surface area contributed by atoms with Crippen molar-refractivity contribution in [3.63, 3.8) is 0 Å². The fourth-order valence-electron chi connectivity index (χ4n) is 4.07. The molecule has 0 unspecified atom stereocenters. The standard InChI is InChI=1S/C23H32O6Si/c1-22(2,3)30(6,7)21-15(13-25-19(24)14-11-9-8-10-12-14)16-17(27-21)18-20(26-16)29-23(4,5)28-18/h8-12,16-18,20H,13H2,1-7H3/t16-,17+,18-,20-/m1/s1. The summed E-state index contributed by atoms with van der Waals surface area (Å²) in [7, 11) is -2.04. The molecule has 0 aliphatic carbocycles. The minimum absolute atomic E-state index is 0.0569. The SMILES string of the molecule is CC1(C)O[C@H]2O[C@@H]3C(COC(=O)c4ccccc4)=C([Si](C)(C)C(C)(C)C)O[C@@H]3[C@H]2O1. The second-order valence-electron chi connectivity index (χ2n) is 10.3. The number of carbonyl (C=O) groups is 1. The van der Waals surface area contributed by atoms with E-state index in [9.17, 15) is 4.79 Å². The second kappa shape index (κ2) is 7.19. The molecule has 0 amide bonds. The fraction of sp³-hybridized carbons (Fsp3) is 0.609. The summed E-state index contributed by atoms with van der Waals surface area (Å²) >= 11 is 0. The van der Waals surface area contributed by atoms with E-state index < -0.39 is 20.2 Å². The third-order valence-electron chi connectivity index (χ3n) is 6.69. The molecule has 3 aliphatic heterocycles. The molecule has 0 spiro atoms. The summed E-state index contributed by atoms with van der Waals surface area (Å²) in [6, 6.07) is 9.02. The van der Waals surface area contributed by atoms with Gasteiger partial charge in [0, 0.05) is 5.57 Å². The molecule has 0 saturated carbocycles. The Morgan fingerprint density at radius 3 is 2.40 bits per heavy atom. The van der Waals surface area contributed by atoms with Crippen LogP contribution in [-0.2, 0) is 23.7 Å². The smallest absolute Gasteiger partial charge is 0.338 e. The zero-order chi connectivity index (χ0) is 21.9. The average molecular weight is 433 g/mol. The van der Waals surface area contributed by atoms with Crippen LogP contribution in [0.2, 0.25) is 18.1 Å². The molecule has 7 heteroatoms. The predicted octanol–water partition coefficient (Wildman–Crippen LogP) is 4.42. The molecule has 1 aromatic carbocycles. The molecule has 2 saturated heterocycles. The van der Waals surface area contributed by atoms with Gasteiger partial charge in [0.1, 0.15) is 20.8 Å². The van der Waals surface area contributed by atoms with Gasteiger partial charge in [0.15, 0.2) is 24.3 Å². The normalized spacial score (nSPS) is 30.1. The molecule has 4 rings (SSSR count). The van der Waals surface area contributed by atoms with Gasteiger partial charge < -0.3 is 23.7 Å². The molecule has 3 heterocycles. The van der Waals surface area contributed by atoms with Crippen LogP contribution in [0.4, 0.5) is 0 Å². The van der Waals surface area contributed by atoms with Gasteiger partial charge in [-0.15, -0.1) is 0 Å². The van der Waals surface area contributed by atoms with Gasteiger partial charge in [-0.3, -0.25) is 0 Å². The molecule has 3 aliphatic rings. The highest BCUT2D eigenvalue weighted by atomic mass is 28.3. The minimum Gasteiger partial charge on any atom is -0.494 e. The predicted molar refractivity (Wildman–Crippen MR) is 115 cm³/mol. The Morgan fingerprint density at radius 2 is 1.77 bits per heavy atom. The summed E-state index contributed by atoms with van der Waals surface area (Å²) in [5.41, 5.74) is 1.44. The highest BCUT2D eigenvalue weighted by Crippen LogP contribution is 2.51. The largest absolute Gasteiger partial charge is 0.494 e. The van der Waals surface area contributed by atoms with Gasteiger partial charge >= 0.3 is 5.97 Å². The first kappa shape index (κ1) is 21.6. The molecule has 0 radical (unpaired) electrons. The maximum absolute atomic E-state index is 12.6. The third kappa shape index (κ3) is 3.62. The van der Waals surface area contributed by atoms with E-state index in [-0.39, 0.29) is 35.9 Å². The van der Waals surface area contributed by atoms with Crippen molar-refractivity contribution in [1.29, 1.82) is 0 Å². The number of fused-ring (bicyclic) bond motifs is 3. The number of ether oxygens (including phenoxy) is 5. The molecule has 0 aromatic heterocycles. The van der Waals surface area contributed by atoms with Crippen LogP contribution in [-0.4, -0.2) is 51.0 Å². The van der Waals surface area contributed by atoms with Crippen molar-refractivity contribution in [2.75, 3.05) is 6.61 Å². The first-order chi connectivity index (χ1) is 13.9. The van der Waals surface area contributed by atoms with Crippen molar-refractivity contribution in [3.8, 4) is 0 Å². The summed E-state index contributed by atoms with van der Waals surface area (Å²) in [5, 5.41) is 1.01. The van der Waals surface area contributed by atoms with Crippen LogP contribution in [0.3, 0.4) is 0 Å². The Morgan fingerprint density at radius 1 is 1.10 bits per heavy atom. The first-order valence-corrected chi connectivity index (χ1v) is 13.5. The molecule has 6 nitrogen and oxygen atoms in total. The number of benzene rings is 1. The van der Waals surface area contributed by atoms with E-state index in [0.717, 1.165) is 11.0 Å². The van der Waals surface area contributed by atoms with E-state index in [0.29, 0.717) is 5.56 Å². The fourth-order valence-corrected chi connectivity index (χ4v) is 6.20. The Balaban J connectivity index is 1.61. The monoisotopic (exact) mass is 432 g/mol. The molecule has 1 aromatic rings. The quantitative estimate of drug-likeness (QED) is 0.518. The van der Waals surface area contributed by atoms with E-state index in [1.165, 1.54) is 0 Å². The summed E-state index contributed by atoms with van der Waals surface area (Å²) in [6.07, 6.45) is -1.39. The first-order valence-electron chi connectivity index (χ1n) is 10.5. The number of carbonyl (C=O) groups excluding carboxylic acids is 1. The van der Waals surface area contributed by atoms with Gasteiger partial charge in [-0.1, -0.05) is 52.1 Å². The van der Waals surface area contributed by atoms with E-state index >= 15 is 0 Å². The van der Waals surface area contributed by atoms with Crippen LogP contribution in [0.1, 0.15) is 45.0 Å². The number of hydrogen-bond donors (Lipinski definition) is 0. The van der Waals surface area contributed by atoms with Gasteiger partial charge in [-0.25, -0.2) is 4.79 Å². The van der Waals surface area contributed by atoms with Crippen LogP contribution in [0.25, 0.3) is 0 Å². The van der Waals surface area contributed by atoms with Gasteiger partial charge in [-0.2, -0.15) is 0 Å². The molecule has 2 fully saturated rings. The third-order valence-corrected chi connectivity index (χ3v) is 12.0. The lowest BCUT2D eigenvalue weighted by atomic mass is 10.1. The van der Waals surface area contributed by atoms with E-state index in [4.69, 9.17) is 23.7 Å². The lowest BCUT2D eigenvalue weighted by molar-refractivity contribution is -0.208. The Bertz CT molecular complexity index is 854. The molecule has 0 N–H and O–H groups in total. The molecule has 30 heavy (non-hydrogen) atoms. The Labute approximate surface area is 179 Å². The summed E-state index contributed by atoms with van der Waals surface area (Å²) in [6.45, 7) is 15.2. The number of hydrogen-bond acceptors (Lipinski definition) is 6. The lowest BCUT2D eigenvalue weighted by Gasteiger charge is -2.38. The van der Waals surface area contributed by atoms with Crippen molar-refractivity contribution < 1.29 is 28.5 Å². The minimum atomic E-state index is -2.04. The van der Waals surface area contributed by atoms with Gasteiger partial charge in [0.05, 0.1) is 10.9 Å². The maximum atomic E-state index is 12.6. The highest BCUT2D eigenvalue weighted by molar-refractivity contribution is 6.86. The van der Waals surface area contributed by atoms with Gasteiger partial charge in [-0.05, 0) is 31.0 Å². The summed E-state index contributed by atoms with van der Waals surface area (Å²) < 4.78 is 30.5. The number of rotatable bonds is 4. The lowest BCUT2D eigenvalue weighted by Crippen LogP contribution is -2.42. The Kier molecular flexibility index (Phi) is 5.17. The van der Waals surface area contributed by atoms with Gasteiger partial charge in [0.2, 0.25) is 0 Å². The van der Waals surface area contributed by atoms with Gasteiger partial charge in [0.25, 0.3) is 0 Å². The van der Waals surface area contributed by atoms with Crippen molar-refractivity contribution >= 4 is 14.0 Å². The van der Waals surface area contributed by atoms with E-state index in [1.807, 2.05) is 32.0 Å². The van der Waals surface area contributed by atoms with E-state index in [2.05, 4.69) is 33.9 Å². The van der Waals surface area contributed by atoms with Crippen molar-refractivity contribution in [2.45, 2.75) is 83.1 Å². The topological polar surface area (TPSA) is 63.2 Å². The van der Waals surface area contributed by atoms with Crippen LogP contribution in [0.5, 0.6) is 0 Å². The van der Waals surface area contributed by atoms with Crippen molar-refractivity contribution in [3.05, 3.63) is 46.9 Å². The van der Waals surface area contributed by atoms with Crippen molar-refractivity contribution in [2.24, 2.45) is 0 Å². The molecular weight excluding hydrogens is 400 g/mol. The second-order valence-corrected chi connectivity index (χ2v) is 15.5. The highest BCUT2D eigenvalue weighted by Gasteiger charge is 2.62. The average Bonchev–Trinajstić information content (AvgIpc) is 3.26.